The number of nitrogens with zero attached hydrogens (tertiary/aromatic N) is 2. The van der Waals surface area contributed by atoms with Gasteiger partial charge in [-0.05, 0) is 25.0 Å². The van der Waals surface area contributed by atoms with Gasteiger partial charge in [0.05, 0.1) is 11.2 Å². The normalized spacial score (nSPS) is 10.6. The first kappa shape index (κ1) is 17.9. The molecule has 24 heavy (non-hydrogen) atoms. The molecule has 2 amide bonds. The Morgan fingerprint density at radius 2 is 1.71 bits per heavy atom. The molecule has 0 spiro atoms. The number of para-hydroxylation sites is 1. The van der Waals surface area contributed by atoms with Gasteiger partial charge in [0.1, 0.15) is 0 Å². The van der Waals surface area contributed by atoms with E-state index in [0.717, 1.165) is 31.1 Å². The van der Waals surface area contributed by atoms with E-state index in [9.17, 15) is 9.59 Å². The van der Waals surface area contributed by atoms with E-state index in [0.29, 0.717) is 24.3 Å². The van der Waals surface area contributed by atoms with E-state index in [1.54, 1.807) is 17.2 Å². The molecule has 0 aliphatic carbocycles. The van der Waals surface area contributed by atoms with Crippen LogP contribution in [0.5, 0.6) is 0 Å². The summed E-state index contributed by atoms with van der Waals surface area (Å²) in [5.74, 6) is -1.06. The number of benzene rings is 1. The molecule has 2 rings (SSSR count). The molecule has 0 aliphatic rings. The molecule has 5 heteroatoms. The van der Waals surface area contributed by atoms with Gasteiger partial charge in [0.25, 0.3) is 0 Å². The fraction of sp³-hybridized carbons (Fsp3) is 0.421. The predicted octanol–water partition coefficient (Wildman–Crippen LogP) is 3.60. The summed E-state index contributed by atoms with van der Waals surface area (Å²) in [6.07, 6.45) is 5.46. The van der Waals surface area contributed by atoms with E-state index in [-0.39, 0.29) is 0 Å². The standard InChI is InChI=1S/C19H25N3O2/c1-3-5-13-22(14-6-4-2)19(24)18(23)21-16-11-7-9-15-10-8-12-20-17(15)16/h7-12H,3-6,13-14H2,1-2H3,(H,21,23). The Balaban J connectivity index is 2.12. The average molecular weight is 327 g/mol. The van der Waals surface area contributed by atoms with E-state index < -0.39 is 11.8 Å². The average Bonchev–Trinajstić information content (AvgIpc) is 2.61. The highest BCUT2D eigenvalue weighted by atomic mass is 16.2. The molecule has 1 N–H and O–H groups in total. The number of rotatable bonds is 7. The van der Waals surface area contributed by atoms with Gasteiger partial charge < -0.3 is 10.2 Å². The van der Waals surface area contributed by atoms with Crippen LogP contribution in [0.15, 0.2) is 36.5 Å². The van der Waals surface area contributed by atoms with Crippen molar-refractivity contribution in [2.24, 2.45) is 0 Å². The first-order chi connectivity index (χ1) is 11.7. The lowest BCUT2D eigenvalue weighted by atomic mass is 10.2. The van der Waals surface area contributed by atoms with E-state index in [1.807, 2.05) is 24.3 Å². The maximum atomic E-state index is 12.5. The molecule has 0 aliphatic heterocycles. The van der Waals surface area contributed by atoms with Crippen molar-refractivity contribution in [3.05, 3.63) is 36.5 Å². The number of carbonyl (C=O) groups excluding carboxylic acids is 2. The highest BCUT2D eigenvalue weighted by molar-refractivity contribution is 6.40. The van der Waals surface area contributed by atoms with Crippen LogP contribution in [0.4, 0.5) is 5.69 Å². The molecule has 128 valence electrons. The van der Waals surface area contributed by atoms with Crippen molar-refractivity contribution in [3.63, 3.8) is 0 Å². The Kier molecular flexibility index (Phi) is 6.73. The van der Waals surface area contributed by atoms with Crippen LogP contribution in [-0.2, 0) is 9.59 Å². The molecular formula is C19H25N3O2. The van der Waals surface area contributed by atoms with Gasteiger partial charge in [0.2, 0.25) is 0 Å². The van der Waals surface area contributed by atoms with Gasteiger partial charge in [-0.2, -0.15) is 0 Å². The van der Waals surface area contributed by atoms with Gasteiger partial charge in [-0.25, -0.2) is 0 Å². The Labute approximate surface area is 143 Å². The van der Waals surface area contributed by atoms with Crippen molar-refractivity contribution in [1.82, 2.24) is 9.88 Å². The maximum absolute atomic E-state index is 12.5. The van der Waals surface area contributed by atoms with Gasteiger partial charge in [0.15, 0.2) is 0 Å². The van der Waals surface area contributed by atoms with Crippen molar-refractivity contribution < 1.29 is 9.59 Å². The number of unbranched alkanes of at least 4 members (excludes halogenated alkanes) is 2. The summed E-state index contributed by atoms with van der Waals surface area (Å²) >= 11 is 0. The van der Waals surface area contributed by atoms with Crippen molar-refractivity contribution in [2.45, 2.75) is 39.5 Å². The molecule has 0 bridgehead atoms. The first-order valence-corrected chi connectivity index (χ1v) is 8.61. The molecule has 5 nitrogen and oxygen atoms in total. The van der Waals surface area contributed by atoms with Crippen molar-refractivity contribution in [1.29, 1.82) is 0 Å². The predicted molar refractivity (Wildman–Crippen MR) is 96.8 cm³/mol. The minimum atomic E-state index is -0.597. The van der Waals surface area contributed by atoms with Crippen LogP contribution < -0.4 is 5.32 Å². The van der Waals surface area contributed by atoms with Crippen LogP contribution in [0, 0.1) is 0 Å². The van der Waals surface area contributed by atoms with Gasteiger partial charge in [-0.3, -0.25) is 14.6 Å². The third-order valence-electron chi connectivity index (χ3n) is 3.93. The summed E-state index contributed by atoms with van der Waals surface area (Å²) in [6.45, 7) is 5.39. The fourth-order valence-electron chi connectivity index (χ4n) is 2.54. The van der Waals surface area contributed by atoms with Crippen LogP contribution in [-0.4, -0.2) is 34.8 Å². The Morgan fingerprint density at radius 3 is 2.38 bits per heavy atom. The maximum Gasteiger partial charge on any atom is 0.313 e. The van der Waals surface area contributed by atoms with E-state index >= 15 is 0 Å². The summed E-state index contributed by atoms with van der Waals surface area (Å²) < 4.78 is 0. The number of hydrogen-bond acceptors (Lipinski definition) is 3. The molecule has 0 fully saturated rings. The SMILES string of the molecule is CCCCN(CCCC)C(=O)C(=O)Nc1cccc2cccnc12. The second-order valence-electron chi connectivity index (χ2n) is 5.83. The zero-order valence-corrected chi connectivity index (χ0v) is 14.4. The summed E-state index contributed by atoms with van der Waals surface area (Å²) in [6, 6.07) is 9.30. The number of nitrogens with one attached hydrogen (secondary N) is 1. The number of amides is 2. The molecule has 1 heterocycles. The molecule has 1 aromatic heterocycles. The third-order valence-corrected chi connectivity index (χ3v) is 3.93. The van der Waals surface area contributed by atoms with Gasteiger partial charge in [-0.15, -0.1) is 0 Å². The fourth-order valence-corrected chi connectivity index (χ4v) is 2.54. The molecule has 1 aromatic carbocycles. The monoisotopic (exact) mass is 327 g/mol. The van der Waals surface area contributed by atoms with E-state index in [4.69, 9.17) is 0 Å². The lowest BCUT2D eigenvalue weighted by molar-refractivity contribution is -0.143. The van der Waals surface area contributed by atoms with Crippen LogP contribution in [0.2, 0.25) is 0 Å². The topological polar surface area (TPSA) is 62.3 Å². The van der Waals surface area contributed by atoms with Crippen molar-refractivity contribution in [3.8, 4) is 0 Å². The molecule has 0 atom stereocenters. The molecule has 0 radical (unpaired) electrons. The van der Waals surface area contributed by atoms with E-state index in [1.165, 1.54) is 0 Å². The number of pyridine rings is 1. The Bertz CT molecular complexity index is 687. The smallest absolute Gasteiger partial charge is 0.313 e. The number of fused-ring (bicyclic) bond motifs is 1. The Morgan fingerprint density at radius 1 is 1.04 bits per heavy atom. The van der Waals surface area contributed by atoms with Crippen LogP contribution in [0.1, 0.15) is 39.5 Å². The molecule has 0 unspecified atom stereocenters. The summed E-state index contributed by atoms with van der Waals surface area (Å²) in [5, 5.41) is 3.65. The second kappa shape index (κ2) is 9.01. The lowest BCUT2D eigenvalue weighted by Gasteiger charge is -2.21. The van der Waals surface area contributed by atoms with Crippen molar-refractivity contribution in [2.75, 3.05) is 18.4 Å². The zero-order valence-electron chi connectivity index (χ0n) is 14.4. The Hall–Kier alpha value is -2.43. The highest BCUT2D eigenvalue weighted by Crippen LogP contribution is 2.20. The summed E-state index contributed by atoms with van der Waals surface area (Å²) in [7, 11) is 0. The minimum Gasteiger partial charge on any atom is -0.334 e. The van der Waals surface area contributed by atoms with Gasteiger partial charge in [-0.1, -0.05) is 44.9 Å². The molecular weight excluding hydrogens is 302 g/mol. The van der Waals surface area contributed by atoms with Gasteiger partial charge >= 0.3 is 11.8 Å². The molecule has 2 aromatic rings. The van der Waals surface area contributed by atoms with Crippen LogP contribution >= 0.6 is 0 Å². The first-order valence-electron chi connectivity index (χ1n) is 8.61. The van der Waals surface area contributed by atoms with Crippen LogP contribution in [0.3, 0.4) is 0 Å². The summed E-state index contributed by atoms with van der Waals surface area (Å²) in [5.41, 5.74) is 1.26. The summed E-state index contributed by atoms with van der Waals surface area (Å²) in [4.78, 5) is 30.8. The second-order valence-corrected chi connectivity index (χ2v) is 5.83. The minimum absolute atomic E-state index is 0.468. The third kappa shape index (κ3) is 4.54. The largest absolute Gasteiger partial charge is 0.334 e. The zero-order chi connectivity index (χ0) is 17.4. The quantitative estimate of drug-likeness (QED) is 0.790. The lowest BCUT2D eigenvalue weighted by Crippen LogP contribution is -2.40. The van der Waals surface area contributed by atoms with Crippen LogP contribution in [0.25, 0.3) is 10.9 Å². The number of anilines is 1. The number of carbonyl (C=O) groups is 2. The highest BCUT2D eigenvalue weighted by Gasteiger charge is 2.21. The number of aromatic nitrogens is 1. The van der Waals surface area contributed by atoms with E-state index in [2.05, 4.69) is 24.1 Å². The molecule has 0 saturated heterocycles. The van der Waals surface area contributed by atoms with Crippen molar-refractivity contribution >= 4 is 28.4 Å². The number of hydrogen-bond donors (Lipinski definition) is 1. The molecule has 0 saturated carbocycles. The van der Waals surface area contributed by atoms with Gasteiger partial charge in [0, 0.05) is 24.7 Å².